The quantitative estimate of drug-likeness (QED) is 0.562. The zero-order valence-electron chi connectivity index (χ0n) is 8.57. The Morgan fingerprint density at radius 2 is 1.85 bits per heavy atom. The first kappa shape index (κ1) is 11.0. The fourth-order valence-electron chi connectivity index (χ4n) is 2.11. The molecular weight excluding hydrogens is 168 g/mol. The van der Waals surface area contributed by atoms with Crippen molar-refractivity contribution in [2.45, 2.75) is 51.4 Å². The molecule has 0 aromatic rings. The van der Waals surface area contributed by atoms with Crippen molar-refractivity contribution in [2.75, 3.05) is 0 Å². The predicted molar refractivity (Wildman–Crippen MR) is 50.2 cm³/mol. The first-order valence-electron chi connectivity index (χ1n) is 4.95. The molecule has 0 unspecified atom stereocenters. The second-order valence-electron chi connectivity index (χ2n) is 4.74. The van der Waals surface area contributed by atoms with E-state index in [1.165, 1.54) is 0 Å². The maximum atomic E-state index is 9.73. The minimum atomic E-state index is -1.12. The van der Waals surface area contributed by atoms with Gasteiger partial charge in [0.15, 0.2) is 0 Å². The maximum absolute atomic E-state index is 9.73. The Hall–Kier alpha value is -0.120. The van der Waals surface area contributed by atoms with Crippen molar-refractivity contribution in [3.63, 3.8) is 0 Å². The molecule has 1 aliphatic rings. The van der Waals surface area contributed by atoms with Gasteiger partial charge < -0.3 is 15.3 Å². The van der Waals surface area contributed by atoms with Crippen LogP contribution in [0.5, 0.6) is 0 Å². The molecular formula is C10H20O3. The van der Waals surface area contributed by atoms with Crippen molar-refractivity contribution in [1.29, 1.82) is 0 Å². The Balaban J connectivity index is 2.70. The van der Waals surface area contributed by atoms with E-state index in [-0.39, 0.29) is 5.92 Å². The van der Waals surface area contributed by atoms with Crippen LogP contribution in [-0.4, -0.2) is 33.1 Å². The number of rotatable bonds is 1. The fourth-order valence-corrected chi connectivity index (χ4v) is 2.11. The summed E-state index contributed by atoms with van der Waals surface area (Å²) in [6.45, 7) is 5.64. The zero-order valence-corrected chi connectivity index (χ0v) is 8.57. The van der Waals surface area contributed by atoms with E-state index >= 15 is 0 Å². The lowest BCUT2D eigenvalue weighted by Gasteiger charge is -2.43. The third kappa shape index (κ3) is 2.03. The van der Waals surface area contributed by atoms with Crippen LogP contribution in [0.15, 0.2) is 0 Å². The highest BCUT2D eigenvalue weighted by Gasteiger charge is 2.44. The van der Waals surface area contributed by atoms with Crippen LogP contribution in [0.1, 0.15) is 33.6 Å². The van der Waals surface area contributed by atoms with Gasteiger partial charge in [-0.15, -0.1) is 0 Å². The number of aliphatic hydroxyl groups excluding tert-OH is 2. The molecule has 3 N–H and O–H groups in total. The van der Waals surface area contributed by atoms with Gasteiger partial charge in [0, 0.05) is 0 Å². The predicted octanol–water partition coefficient (Wildman–Crippen LogP) is 0.525. The van der Waals surface area contributed by atoms with Crippen molar-refractivity contribution in [3.05, 3.63) is 0 Å². The Labute approximate surface area is 79.4 Å². The monoisotopic (exact) mass is 188 g/mol. The first-order valence-corrected chi connectivity index (χ1v) is 4.95. The van der Waals surface area contributed by atoms with E-state index in [2.05, 4.69) is 0 Å². The summed E-state index contributed by atoms with van der Waals surface area (Å²) in [5.41, 5.74) is -1.12. The van der Waals surface area contributed by atoms with Gasteiger partial charge in [-0.05, 0) is 31.6 Å². The van der Waals surface area contributed by atoms with E-state index in [4.69, 9.17) is 0 Å². The summed E-state index contributed by atoms with van der Waals surface area (Å²) in [6, 6.07) is 0. The maximum Gasteiger partial charge on any atom is 0.108 e. The van der Waals surface area contributed by atoms with Crippen molar-refractivity contribution >= 4 is 0 Å². The van der Waals surface area contributed by atoms with Crippen LogP contribution in [0.4, 0.5) is 0 Å². The highest BCUT2D eigenvalue weighted by atomic mass is 16.4. The summed E-state index contributed by atoms with van der Waals surface area (Å²) >= 11 is 0. The molecule has 0 aliphatic heterocycles. The van der Waals surface area contributed by atoms with Gasteiger partial charge >= 0.3 is 0 Å². The van der Waals surface area contributed by atoms with Crippen molar-refractivity contribution < 1.29 is 15.3 Å². The van der Waals surface area contributed by atoms with Gasteiger partial charge in [-0.3, -0.25) is 0 Å². The average molecular weight is 188 g/mol. The van der Waals surface area contributed by atoms with Gasteiger partial charge in [-0.2, -0.15) is 0 Å². The Bertz CT molecular complexity index is 175. The Morgan fingerprint density at radius 1 is 1.31 bits per heavy atom. The van der Waals surface area contributed by atoms with Gasteiger partial charge in [0.05, 0.1) is 11.7 Å². The second-order valence-corrected chi connectivity index (χ2v) is 4.74. The molecule has 13 heavy (non-hydrogen) atoms. The molecule has 1 fully saturated rings. The van der Waals surface area contributed by atoms with Crippen LogP contribution in [0, 0.1) is 11.8 Å². The third-order valence-electron chi connectivity index (χ3n) is 3.24. The highest BCUT2D eigenvalue weighted by molar-refractivity contribution is 4.95. The Morgan fingerprint density at radius 3 is 2.31 bits per heavy atom. The minimum Gasteiger partial charge on any atom is -0.390 e. The molecule has 3 nitrogen and oxygen atoms in total. The van der Waals surface area contributed by atoms with Crippen LogP contribution in [0.3, 0.4) is 0 Å². The lowest BCUT2D eigenvalue weighted by atomic mass is 9.71. The minimum absolute atomic E-state index is 0.107. The fraction of sp³-hybridized carbons (Fsp3) is 1.00. The molecule has 4 atom stereocenters. The second kappa shape index (κ2) is 3.56. The smallest absolute Gasteiger partial charge is 0.108 e. The van der Waals surface area contributed by atoms with Crippen LogP contribution >= 0.6 is 0 Å². The van der Waals surface area contributed by atoms with Gasteiger partial charge in [0.25, 0.3) is 0 Å². The normalized spacial score (nSPS) is 46.8. The molecule has 0 heterocycles. The molecule has 0 aromatic carbocycles. The molecule has 1 rings (SSSR count). The topological polar surface area (TPSA) is 60.7 Å². The van der Waals surface area contributed by atoms with Crippen molar-refractivity contribution in [3.8, 4) is 0 Å². The van der Waals surface area contributed by atoms with E-state index in [1.807, 2.05) is 13.8 Å². The molecule has 0 aromatic heterocycles. The largest absolute Gasteiger partial charge is 0.390 e. The summed E-state index contributed by atoms with van der Waals surface area (Å²) < 4.78 is 0. The number of hydrogen-bond donors (Lipinski definition) is 3. The summed E-state index contributed by atoms with van der Waals surface area (Å²) in [4.78, 5) is 0. The summed E-state index contributed by atoms with van der Waals surface area (Å²) in [7, 11) is 0. The highest BCUT2D eigenvalue weighted by Crippen LogP contribution is 2.35. The lowest BCUT2D eigenvalue weighted by molar-refractivity contribution is -0.166. The van der Waals surface area contributed by atoms with E-state index in [9.17, 15) is 15.3 Å². The molecule has 0 amide bonds. The number of hydrogen-bond acceptors (Lipinski definition) is 3. The molecule has 78 valence electrons. The molecule has 3 heteroatoms. The molecule has 1 aliphatic carbocycles. The third-order valence-corrected chi connectivity index (χ3v) is 3.24. The molecule has 0 saturated heterocycles. The number of aliphatic hydroxyl groups is 3. The lowest BCUT2D eigenvalue weighted by Crippen LogP contribution is -2.54. The summed E-state index contributed by atoms with van der Waals surface area (Å²) in [5, 5.41) is 29.1. The summed E-state index contributed by atoms with van der Waals surface area (Å²) in [6.07, 6.45) is -0.450. The standard InChI is InChI=1S/C10H20O3/c1-6(2)7-4-5-10(3,13)9(12)8(7)11/h6-9,11-13H,4-5H2,1-3H3/t7-,8-,9+,10-/m1/s1. The molecule has 0 radical (unpaired) electrons. The SMILES string of the molecule is CC(C)[C@H]1CC[C@@](C)(O)[C@@H](O)[C@@H]1O. The van der Waals surface area contributed by atoms with E-state index in [0.29, 0.717) is 12.3 Å². The summed E-state index contributed by atoms with van der Waals surface area (Å²) in [5.74, 6) is 0.455. The van der Waals surface area contributed by atoms with Crippen LogP contribution in [-0.2, 0) is 0 Å². The molecule has 1 saturated carbocycles. The van der Waals surface area contributed by atoms with Crippen molar-refractivity contribution in [1.82, 2.24) is 0 Å². The van der Waals surface area contributed by atoms with Crippen LogP contribution in [0.25, 0.3) is 0 Å². The van der Waals surface area contributed by atoms with E-state index in [0.717, 1.165) is 6.42 Å². The van der Waals surface area contributed by atoms with Crippen molar-refractivity contribution in [2.24, 2.45) is 11.8 Å². The van der Waals surface area contributed by atoms with Gasteiger partial charge in [0.1, 0.15) is 6.10 Å². The van der Waals surface area contributed by atoms with Gasteiger partial charge in [0.2, 0.25) is 0 Å². The molecule has 0 bridgehead atoms. The molecule has 0 spiro atoms. The zero-order chi connectivity index (χ0) is 10.2. The van der Waals surface area contributed by atoms with Gasteiger partial charge in [-0.25, -0.2) is 0 Å². The van der Waals surface area contributed by atoms with E-state index < -0.39 is 17.8 Å². The van der Waals surface area contributed by atoms with E-state index in [1.54, 1.807) is 6.92 Å². The Kier molecular flexibility index (Phi) is 3.00. The van der Waals surface area contributed by atoms with Crippen LogP contribution in [0.2, 0.25) is 0 Å². The first-order chi connectivity index (χ1) is 5.86. The van der Waals surface area contributed by atoms with Gasteiger partial charge in [-0.1, -0.05) is 13.8 Å². The average Bonchev–Trinajstić information content (AvgIpc) is 2.00. The van der Waals surface area contributed by atoms with Crippen LogP contribution < -0.4 is 0 Å².